The molecule has 1 amide bonds. The summed E-state index contributed by atoms with van der Waals surface area (Å²) in [6.07, 6.45) is 1.51. The first-order valence-corrected chi connectivity index (χ1v) is 13.1. The molecule has 6 nitrogen and oxygen atoms in total. The van der Waals surface area contributed by atoms with Gasteiger partial charge in [-0.15, -0.1) is 10.2 Å². The lowest BCUT2D eigenvalue weighted by atomic mass is 10.1. The van der Waals surface area contributed by atoms with E-state index in [4.69, 9.17) is 4.74 Å². The number of carbonyl (C=O) groups excluding carboxylic acids is 1. The molecule has 1 heterocycles. The molecule has 4 aromatic rings. The predicted molar refractivity (Wildman–Crippen MR) is 141 cm³/mol. The number of amides is 1. The highest BCUT2D eigenvalue weighted by atomic mass is 79.9. The Morgan fingerprint density at radius 3 is 2.71 bits per heavy atom. The van der Waals surface area contributed by atoms with Crippen molar-refractivity contribution in [2.45, 2.75) is 23.6 Å². The van der Waals surface area contributed by atoms with Gasteiger partial charge >= 0.3 is 0 Å². The van der Waals surface area contributed by atoms with Gasteiger partial charge in [0.15, 0.2) is 4.34 Å². The van der Waals surface area contributed by atoms with Gasteiger partial charge in [0, 0.05) is 21.4 Å². The number of halogens is 2. The van der Waals surface area contributed by atoms with E-state index < -0.39 is 0 Å². The second-order valence-electron chi connectivity index (χ2n) is 7.37. The molecule has 178 valence electrons. The van der Waals surface area contributed by atoms with E-state index in [1.54, 1.807) is 53.4 Å². The molecule has 0 saturated heterocycles. The third kappa shape index (κ3) is 7.45. The fourth-order valence-corrected chi connectivity index (χ4v) is 5.15. The summed E-state index contributed by atoms with van der Waals surface area (Å²) in [5, 5.41) is 13.1. The van der Waals surface area contributed by atoms with Gasteiger partial charge in [0.05, 0.1) is 6.21 Å². The Kier molecular flexibility index (Phi) is 8.62. The maximum atomic E-state index is 13.4. The lowest BCUT2D eigenvalue weighted by Gasteiger charge is -2.10. The topological polar surface area (TPSA) is 76.5 Å². The van der Waals surface area contributed by atoms with Crippen LogP contribution in [0.2, 0.25) is 0 Å². The molecule has 0 aliphatic heterocycles. The Balaban J connectivity index is 1.34. The molecule has 0 saturated carbocycles. The number of thioether (sulfide) groups is 1. The molecular weight excluding hydrogens is 551 g/mol. The van der Waals surface area contributed by atoms with E-state index in [1.807, 2.05) is 31.2 Å². The van der Waals surface area contributed by atoms with E-state index in [9.17, 15) is 9.18 Å². The van der Waals surface area contributed by atoms with Crippen molar-refractivity contribution in [2.24, 2.45) is 5.10 Å². The normalized spacial score (nSPS) is 11.1. The lowest BCUT2D eigenvalue weighted by Crippen LogP contribution is -2.17. The summed E-state index contributed by atoms with van der Waals surface area (Å²) in [6, 6.07) is 19.0. The molecule has 0 fully saturated rings. The molecule has 0 unspecified atom stereocenters. The third-order valence-electron chi connectivity index (χ3n) is 4.71. The summed E-state index contributed by atoms with van der Waals surface area (Å²) >= 11 is 6.60. The number of hydrogen-bond acceptors (Lipinski definition) is 7. The predicted octanol–water partition coefficient (Wildman–Crippen LogP) is 6.38. The molecule has 0 atom stereocenters. The summed E-state index contributed by atoms with van der Waals surface area (Å²) in [5.41, 5.74) is 5.50. The summed E-state index contributed by atoms with van der Waals surface area (Å²) in [5.74, 6) is 0.668. The second-order valence-corrected chi connectivity index (χ2v) is 10.7. The van der Waals surface area contributed by atoms with Crippen molar-refractivity contribution in [2.75, 3.05) is 0 Å². The fraction of sp³-hybridized carbons (Fsp3) is 0.120. The van der Waals surface area contributed by atoms with Gasteiger partial charge in [0.25, 0.3) is 5.91 Å². The number of aromatic nitrogens is 2. The summed E-state index contributed by atoms with van der Waals surface area (Å²) < 4.78 is 21.0. The largest absolute Gasteiger partial charge is 0.488 e. The van der Waals surface area contributed by atoms with E-state index in [2.05, 4.69) is 36.7 Å². The molecule has 0 spiro atoms. The van der Waals surface area contributed by atoms with Gasteiger partial charge in [-0.25, -0.2) is 9.82 Å². The monoisotopic (exact) mass is 570 g/mol. The van der Waals surface area contributed by atoms with Crippen molar-refractivity contribution in [3.8, 4) is 5.75 Å². The molecule has 10 heteroatoms. The average molecular weight is 571 g/mol. The van der Waals surface area contributed by atoms with E-state index in [-0.39, 0.29) is 18.3 Å². The van der Waals surface area contributed by atoms with Crippen LogP contribution in [-0.2, 0) is 12.4 Å². The molecule has 0 bridgehead atoms. The van der Waals surface area contributed by atoms with Gasteiger partial charge in [-0.05, 0) is 60.5 Å². The van der Waals surface area contributed by atoms with Crippen molar-refractivity contribution >= 4 is 51.2 Å². The Morgan fingerprint density at radius 1 is 1.14 bits per heavy atom. The highest BCUT2D eigenvalue weighted by molar-refractivity contribution is 9.10. The standard InChI is InChI=1S/C25H20BrFN4O2S2/c1-16-29-31-25(35-16)34-15-17-5-7-19(8-6-17)24(32)30-28-13-20-12-21(26)9-10-23(20)33-14-18-3-2-4-22(27)11-18/h2-13H,14-15H2,1H3,(H,30,32)/b28-13+. The Labute approximate surface area is 218 Å². The van der Waals surface area contributed by atoms with Crippen LogP contribution in [0.15, 0.2) is 80.6 Å². The highest BCUT2D eigenvalue weighted by Gasteiger charge is 2.08. The molecule has 35 heavy (non-hydrogen) atoms. The Bertz CT molecular complexity index is 1350. The number of hydrogen-bond donors (Lipinski definition) is 1. The van der Waals surface area contributed by atoms with Crippen molar-refractivity contribution < 1.29 is 13.9 Å². The zero-order valence-corrected chi connectivity index (χ0v) is 21.8. The zero-order valence-electron chi connectivity index (χ0n) is 18.6. The molecular formula is C25H20BrFN4O2S2. The van der Waals surface area contributed by atoms with Gasteiger partial charge in [0.2, 0.25) is 0 Å². The first-order valence-electron chi connectivity index (χ1n) is 10.5. The minimum absolute atomic E-state index is 0.204. The number of nitrogens with zero attached hydrogens (tertiary/aromatic N) is 3. The number of hydrazone groups is 1. The van der Waals surface area contributed by atoms with Gasteiger partial charge in [-0.2, -0.15) is 5.10 Å². The van der Waals surface area contributed by atoms with Crippen molar-refractivity contribution in [1.29, 1.82) is 0 Å². The molecule has 1 N–H and O–H groups in total. The zero-order chi connectivity index (χ0) is 24.6. The first-order chi connectivity index (χ1) is 17.0. The minimum atomic E-state index is -0.322. The average Bonchev–Trinajstić information content (AvgIpc) is 3.27. The van der Waals surface area contributed by atoms with E-state index in [0.29, 0.717) is 22.4 Å². The van der Waals surface area contributed by atoms with Crippen LogP contribution in [0.25, 0.3) is 0 Å². The van der Waals surface area contributed by atoms with E-state index in [1.165, 1.54) is 18.3 Å². The van der Waals surface area contributed by atoms with Crippen LogP contribution >= 0.6 is 39.0 Å². The maximum Gasteiger partial charge on any atom is 0.271 e. The van der Waals surface area contributed by atoms with Crippen molar-refractivity contribution in [1.82, 2.24) is 15.6 Å². The highest BCUT2D eigenvalue weighted by Crippen LogP contribution is 2.26. The Hall–Kier alpha value is -3.08. The van der Waals surface area contributed by atoms with Crippen LogP contribution in [0, 0.1) is 12.7 Å². The van der Waals surface area contributed by atoms with E-state index in [0.717, 1.165) is 25.1 Å². The van der Waals surface area contributed by atoms with E-state index >= 15 is 0 Å². The quantitative estimate of drug-likeness (QED) is 0.143. The fourth-order valence-electron chi connectivity index (χ4n) is 3.00. The smallest absolute Gasteiger partial charge is 0.271 e. The number of nitrogens with one attached hydrogen (secondary N) is 1. The number of rotatable bonds is 9. The summed E-state index contributed by atoms with van der Waals surface area (Å²) in [4.78, 5) is 12.5. The Morgan fingerprint density at radius 2 is 1.97 bits per heavy atom. The second kappa shape index (κ2) is 12.1. The van der Waals surface area contributed by atoms with Crippen LogP contribution in [0.5, 0.6) is 5.75 Å². The molecule has 4 rings (SSSR count). The maximum absolute atomic E-state index is 13.4. The van der Waals surface area contributed by atoms with Crippen molar-refractivity contribution in [3.05, 3.63) is 104 Å². The molecule has 0 radical (unpaired) electrons. The first kappa shape index (κ1) is 25.0. The summed E-state index contributed by atoms with van der Waals surface area (Å²) in [6.45, 7) is 2.13. The van der Waals surface area contributed by atoms with Gasteiger partial charge in [0.1, 0.15) is 23.2 Å². The van der Waals surface area contributed by atoms with Crippen LogP contribution in [0.1, 0.15) is 32.1 Å². The number of benzene rings is 3. The number of ether oxygens (including phenoxy) is 1. The van der Waals surface area contributed by atoms with Gasteiger partial charge in [-0.1, -0.05) is 63.3 Å². The molecule has 3 aromatic carbocycles. The van der Waals surface area contributed by atoms with Crippen LogP contribution < -0.4 is 10.2 Å². The molecule has 0 aliphatic carbocycles. The van der Waals surface area contributed by atoms with Crippen LogP contribution in [-0.4, -0.2) is 22.3 Å². The molecule has 0 aliphatic rings. The van der Waals surface area contributed by atoms with Crippen LogP contribution in [0.4, 0.5) is 4.39 Å². The summed E-state index contributed by atoms with van der Waals surface area (Å²) in [7, 11) is 0. The van der Waals surface area contributed by atoms with Crippen molar-refractivity contribution in [3.63, 3.8) is 0 Å². The molecule has 1 aromatic heterocycles. The minimum Gasteiger partial charge on any atom is -0.488 e. The van der Waals surface area contributed by atoms with Gasteiger partial charge in [-0.3, -0.25) is 4.79 Å². The lowest BCUT2D eigenvalue weighted by molar-refractivity contribution is 0.0955. The van der Waals surface area contributed by atoms with Gasteiger partial charge < -0.3 is 4.74 Å². The number of carbonyl (C=O) groups is 1. The SMILES string of the molecule is Cc1nnc(SCc2ccc(C(=O)N/N=C/c3cc(Br)ccc3OCc3cccc(F)c3)cc2)s1. The van der Waals surface area contributed by atoms with Crippen LogP contribution in [0.3, 0.4) is 0 Å². The number of aryl methyl sites for hydroxylation is 1. The third-order valence-corrected chi connectivity index (χ3v) is 7.25.